The molecule has 0 N–H and O–H groups in total. The van der Waals surface area contributed by atoms with Crippen molar-refractivity contribution in [3.05, 3.63) is 59.4 Å². The SMILES string of the molecule is O=C1[C@@H]2[C@@H](N=NN2c2ccc(Cl)cc2)C(=O)N1c1ccc(F)cc1. The molecule has 2 heterocycles. The number of rotatable bonds is 2. The molecule has 1 fully saturated rings. The summed E-state index contributed by atoms with van der Waals surface area (Å²) in [7, 11) is 0. The quantitative estimate of drug-likeness (QED) is 0.787. The molecule has 6 nitrogen and oxygen atoms in total. The highest BCUT2D eigenvalue weighted by Gasteiger charge is 2.55. The second kappa shape index (κ2) is 5.38. The van der Waals surface area contributed by atoms with Gasteiger partial charge in [-0.3, -0.25) is 9.59 Å². The second-order valence-corrected chi connectivity index (χ2v) is 5.84. The molecule has 120 valence electrons. The van der Waals surface area contributed by atoms with Gasteiger partial charge in [0.25, 0.3) is 11.8 Å². The van der Waals surface area contributed by atoms with E-state index in [1.54, 1.807) is 24.3 Å². The van der Waals surface area contributed by atoms with Crippen LogP contribution in [0.5, 0.6) is 0 Å². The summed E-state index contributed by atoms with van der Waals surface area (Å²) in [6.07, 6.45) is 0. The van der Waals surface area contributed by atoms with Gasteiger partial charge in [0.05, 0.1) is 11.4 Å². The summed E-state index contributed by atoms with van der Waals surface area (Å²) in [6, 6.07) is 10.1. The number of fused-ring (bicyclic) bond motifs is 1. The van der Waals surface area contributed by atoms with Gasteiger partial charge >= 0.3 is 0 Å². The van der Waals surface area contributed by atoms with Crippen LogP contribution < -0.4 is 9.91 Å². The van der Waals surface area contributed by atoms with Crippen molar-refractivity contribution in [1.29, 1.82) is 0 Å². The zero-order valence-corrected chi connectivity index (χ0v) is 12.9. The van der Waals surface area contributed by atoms with Crippen LogP contribution in [0, 0.1) is 5.82 Å². The van der Waals surface area contributed by atoms with E-state index in [1.807, 2.05) is 0 Å². The minimum Gasteiger partial charge on any atom is -0.271 e. The lowest BCUT2D eigenvalue weighted by atomic mass is 10.1. The third-order valence-electron chi connectivity index (χ3n) is 3.96. The number of amides is 2. The summed E-state index contributed by atoms with van der Waals surface area (Å²) >= 11 is 5.86. The first-order valence-electron chi connectivity index (χ1n) is 7.15. The Balaban J connectivity index is 1.69. The van der Waals surface area contributed by atoms with E-state index in [1.165, 1.54) is 29.3 Å². The average Bonchev–Trinajstić information content (AvgIpc) is 3.11. The van der Waals surface area contributed by atoms with E-state index in [0.29, 0.717) is 16.4 Å². The smallest absolute Gasteiger partial charge is 0.263 e. The zero-order chi connectivity index (χ0) is 16.8. The van der Waals surface area contributed by atoms with E-state index < -0.39 is 29.7 Å². The number of hydrogen-bond acceptors (Lipinski definition) is 5. The van der Waals surface area contributed by atoms with Crippen LogP contribution in [0.2, 0.25) is 5.02 Å². The molecule has 8 heteroatoms. The van der Waals surface area contributed by atoms with E-state index in [-0.39, 0.29) is 0 Å². The monoisotopic (exact) mass is 344 g/mol. The van der Waals surface area contributed by atoms with Crippen molar-refractivity contribution in [1.82, 2.24) is 0 Å². The number of nitrogens with zero attached hydrogens (tertiary/aromatic N) is 4. The Morgan fingerprint density at radius 2 is 1.54 bits per heavy atom. The van der Waals surface area contributed by atoms with Gasteiger partial charge in [-0.2, -0.15) is 5.11 Å². The number of halogens is 2. The fraction of sp³-hybridized carbons (Fsp3) is 0.125. The van der Waals surface area contributed by atoms with Crippen LogP contribution >= 0.6 is 11.6 Å². The summed E-state index contributed by atoms with van der Waals surface area (Å²) in [5.74, 6) is -1.37. The van der Waals surface area contributed by atoms with E-state index in [4.69, 9.17) is 11.6 Å². The molecule has 1 saturated heterocycles. The Morgan fingerprint density at radius 3 is 2.21 bits per heavy atom. The van der Waals surface area contributed by atoms with Crippen molar-refractivity contribution in [2.24, 2.45) is 10.3 Å². The lowest BCUT2D eigenvalue weighted by molar-refractivity contribution is -0.121. The summed E-state index contributed by atoms with van der Waals surface area (Å²) < 4.78 is 13.1. The molecule has 0 aromatic heterocycles. The summed E-state index contributed by atoms with van der Waals surface area (Å²) in [5.41, 5.74) is 0.921. The summed E-state index contributed by atoms with van der Waals surface area (Å²) in [4.78, 5) is 26.3. The molecule has 0 bridgehead atoms. The van der Waals surface area contributed by atoms with Gasteiger partial charge in [-0.15, -0.1) is 0 Å². The lowest BCUT2D eigenvalue weighted by Crippen LogP contribution is -2.39. The van der Waals surface area contributed by atoms with Crippen LogP contribution in [0.1, 0.15) is 0 Å². The molecule has 2 aliphatic rings. The van der Waals surface area contributed by atoms with Gasteiger partial charge in [0, 0.05) is 5.02 Å². The highest BCUT2D eigenvalue weighted by Crippen LogP contribution is 2.35. The number of benzene rings is 2. The van der Waals surface area contributed by atoms with Crippen LogP contribution in [-0.4, -0.2) is 23.9 Å². The number of carbonyl (C=O) groups is 2. The van der Waals surface area contributed by atoms with E-state index in [2.05, 4.69) is 10.3 Å². The summed E-state index contributed by atoms with van der Waals surface area (Å²) in [6.45, 7) is 0. The molecule has 0 unspecified atom stereocenters. The van der Waals surface area contributed by atoms with Crippen molar-refractivity contribution < 1.29 is 14.0 Å². The molecule has 2 aromatic rings. The largest absolute Gasteiger partial charge is 0.271 e. The fourth-order valence-corrected chi connectivity index (χ4v) is 2.94. The molecule has 2 atom stereocenters. The van der Waals surface area contributed by atoms with Gasteiger partial charge in [0.2, 0.25) is 0 Å². The Kier molecular flexibility index (Phi) is 3.31. The molecule has 0 saturated carbocycles. The molecule has 24 heavy (non-hydrogen) atoms. The van der Waals surface area contributed by atoms with Crippen molar-refractivity contribution >= 4 is 34.8 Å². The first-order chi connectivity index (χ1) is 11.6. The second-order valence-electron chi connectivity index (χ2n) is 5.40. The van der Waals surface area contributed by atoms with Crippen molar-refractivity contribution in [2.75, 3.05) is 9.91 Å². The van der Waals surface area contributed by atoms with E-state index in [9.17, 15) is 14.0 Å². The molecular formula is C16H10ClFN4O2. The topological polar surface area (TPSA) is 65.3 Å². The number of anilines is 2. The lowest BCUT2D eigenvalue weighted by Gasteiger charge is -2.20. The molecule has 2 aliphatic heterocycles. The van der Waals surface area contributed by atoms with E-state index >= 15 is 0 Å². The van der Waals surface area contributed by atoms with Crippen molar-refractivity contribution in [3.8, 4) is 0 Å². The van der Waals surface area contributed by atoms with Gasteiger partial charge in [-0.1, -0.05) is 16.8 Å². The molecule has 2 amide bonds. The number of carbonyl (C=O) groups excluding carboxylic acids is 2. The highest BCUT2D eigenvalue weighted by molar-refractivity contribution is 6.30. The maximum atomic E-state index is 13.1. The molecular weight excluding hydrogens is 335 g/mol. The Labute approximate surface area is 141 Å². The first-order valence-corrected chi connectivity index (χ1v) is 7.53. The van der Waals surface area contributed by atoms with Crippen LogP contribution in [0.3, 0.4) is 0 Å². The van der Waals surface area contributed by atoms with E-state index in [0.717, 1.165) is 4.90 Å². The predicted octanol–water partition coefficient (Wildman–Crippen LogP) is 2.98. The van der Waals surface area contributed by atoms with Gasteiger partial charge in [0.1, 0.15) is 5.82 Å². The van der Waals surface area contributed by atoms with Gasteiger partial charge in [0.15, 0.2) is 12.1 Å². The van der Waals surface area contributed by atoms with Crippen molar-refractivity contribution in [2.45, 2.75) is 12.1 Å². The Bertz CT molecular complexity index is 853. The standard InChI is InChI=1S/C16H10ClFN4O2/c17-9-1-5-12(6-2-9)22-14-13(19-20-22)15(23)21(16(14)24)11-7-3-10(18)4-8-11/h1-8,13-14H/t13-,14+/m1/s1. The number of imide groups is 1. The third-order valence-corrected chi connectivity index (χ3v) is 4.21. The normalized spacial score (nSPS) is 22.4. The Hall–Kier alpha value is -2.80. The first kappa shape index (κ1) is 14.8. The fourth-order valence-electron chi connectivity index (χ4n) is 2.81. The highest BCUT2D eigenvalue weighted by atomic mass is 35.5. The van der Waals surface area contributed by atoms with Crippen LogP contribution in [-0.2, 0) is 9.59 Å². The molecule has 4 rings (SSSR count). The molecule has 0 radical (unpaired) electrons. The van der Waals surface area contributed by atoms with Gasteiger partial charge in [-0.05, 0) is 48.5 Å². The Morgan fingerprint density at radius 1 is 0.917 bits per heavy atom. The van der Waals surface area contributed by atoms with Crippen molar-refractivity contribution in [3.63, 3.8) is 0 Å². The predicted molar refractivity (Wildman–Crippen MR) is 85.3 cm³/mol. The van der Waals surface area contributed by atoms with Crippen LogP contribution in [0.4, 0.5) is 15.8 Å². The number of hydrogen-bond donors (Lipinski definition) is 0. The molecule has 0 aliphatic carbocycles. The average molecular weight is 345 g/mol. The minimum absolute atomic E-state index is 0.312. The minimum atomic E-state index is -0.904. The maximum absolute atomic E-state index is 13.1. The molecule has 2 aromatic carbocycles. The van der Waals surface area contributed by atoms with Gasteiger partial charge in [-0.25, -0.2) is 14.3 Å². The molecule has 0 spiro atoms. The third kappa shape index (κ3) is 2.16. The zero-order valence-electron chi connectivity index (χ0n) is 12.1. The van der Waals surface area contributed by atoms with Crippen LogP contribution in [0.15, 0.2) is 58.9 Å². The maximum Gasteiger partial charge on any atom is 0.263 e. The van der Waals surface area contributed by atoms with Gasteiger partial charge < -0.3 is 0 Å². The summed E-state index contributed by atoms with van der Waals surface area (Å²) in [5, 5.41) is 9.84. The van der Waals surface area contributed by atoms with Crippen LogP contribution in [0.25, 0.3) is 0 Å².